The lowest BCUT2D eigenvalue weighted by Crippen LogP contribution is -2.51. The summed E-state index contributed by atoms with van der Waals surface area (Å²) in [5, 5.41) is 3.42. The van der Waals surface area contributed by atoms with E-state index in [9.17, 15) is 4.79 Å². The predicted molar refractivity (Wildman–Crippen MR) is 127 cm³/mol. The van der Waals surface area contributed by atoms with E-state index in [1.54, 1.807) is 0 Å². The molecule has 1 fully saturated rings. The van der Waals surface area contributed by atoms with Gasteiger partial charge in [-0.1, -0.05) is 60.7 Å². The highest BCUT2D eigenvalue weighted by atomic mass is 16.6. The molecule has 0 aromatic heterocycles. The third-order valence-corrected chi connectivity index (χ3v) is 6.74. The quantitative estimate of drug-likeness (QED) is 0.645. The van der Waals surface area contributed by atoms with Gasteiger partial charge in [-0.15, -0.1) is 0 Å². The smallest absolute Gasteiger partial charge is 0.320 e. The van der Waals surface area contributed by atoms with E-state index in [1.165, 1.54) is 11.1 Å². The number of nitrogens with one attached hydrogen (secondary N) is 1. The van der Waals surface area contributed by atoms with Gasteiger partial charge in [0, 0.05) is 17.5 Å². The van der Waals surface area contributed by atoms with Crippen LogP contribution in [0.15, 0.2) is 60.7 Å². The van der Waals surface area contributed by atoms with Crippen LogP contribution in [0.2, 0.25) is 0 Å². The summed E-state index contributed by atoms with van der Waals surface area (Å²) in [6.45, 7) is 6.73. The Morgan fingerprint density at radius 2 is 1.42 bits per heavy atom. The predicted octanol–water partition coefficient (Wildman–Crippen LogP) is 4.89. The van der Waals surface area contributed by atoms with Crippen LogP contribution in [0.4, 0.5) is 0 Å². The fraction of sp³-hybridized carbons (Fsp3) is 0.519. The van der Waals surface area contributed by atoms with Crippen molar-refractivity contribution in [3.63, 3.8) is 0 Å². The van der Waals surface area contributed by atoms with Crippen molar-refractivity contribution in [1.29, 1.82) is 0 Å². The number of esters is 1. The molecule has 0 atom stereocenters. The molecule has 0 saturated heterocycles. The Balaban J connectivity index is 1.78. The molecule has 0 unspecified atom stereocenters. The van der Waals surface area contributed by atoms with Crippen LogP contribution >= 0.6 is 0 Å². The van der Waals surface area contributed by atoms with E-state index < -0.39 is 5.60 Å². The summed E-state index contributed by atoms with van der Waals surface area (Å²) in [5.74, 6) is -0.196. The van der Waals surface area contributed by atoms with Gasteiger partial charge in [0.05, 0.1) is 6.54 Å². The topological polar surface area (TPSA) is 41.6 Å². The minimum Gasteiger partial charge on any atom is -0.459 e. The van der Waals surface area contributed by atoms with Crippen LogP contribution in [0.3, 0.4) is 0 Å². The number of ether oxygens (including phenoxy) is 1. The zero-order valence-corrected chi connectivity index (χ0v) is 19.8. The Kier molecular flexibility index (Phi) is 7.23. The van der Waals surface area contributed by atoms with E-state index in [-0.39, 0.29) is 23.5 Å². The van der Waals surface area contributed by atoms with Crippen LogP contribution in [0.25, 0.3) is 0 Å². The maximum Gasteiger partial charge on any atom is 0.320 e. The molecule has 3 rings (SSSR count). The van der Waals surface area contributed by atoms with Crippen molar-refractivity contribution >= 4 is 5.97 Å². The summed E-state index contributed by atoms with van der Waals surface area (Å²) in [4.78, 5) is 14.6. The average molecular weight is 423 g/mol. The molecule has 1 saturated carbocycles. The summed E-state index contributed by atoms with van der Waals surface area (Å²) in [5.41, 5.74) is 2.35. The van der Waals surface area contributed by atoms with Crippen molar-refractivity contribution in [2.75, 3.05) is 27.2 Å². The summed E-state index contributed by atoms with van der Waals surface area (Å²) < 4.78 is 5.48. The first-order chi connectivity index (χ1) is 14.7. The van der Waals surface area contributed by atoms with Crippen LogP contribution in [-0.4, -0.2) is 43.7 Å². The van der Waals surface area contributed by atoms with Gasteiger partial charge in [0.15, 0.2) is 0 Å². The fourth-order valence-electron chi connectivity index (χ4n) is 5.03. The molecule has 0 amide bonds. The van der Waals surface area contributed by atoms with Gasteiger partial charge < -0.3 is 10.1 Å². The Morgan fingerprint density at radius 1 is 0.903 bits per heavy atom. The maximum atomic E-state index is 12.2. The van der Waals surface area contributed by atoms with Crippen LogP contribution in [0, 0.1) is 0 Å². The number of hydrogen-bond acceptors (Lipinski definition) is 4. The second kappa shape index (κ2) is 9.54. The standard InChI is InChI=1S/C27H38N2O2/c1-25(2,3)31-24(30)20-28-21-26(22-12-8-6-9-13-22)16-18-27(19-17-26,29(4)5)23-14-10-7-11-15-23/h6-15,28H,16-21H2,1-5H3. The lowest BCUT2D eigenvalue weighted by atomic mass is 9.62. The number of carbonyl (C=O) groups excluding carboxylic acids is 1. The zero-order chi connectivity index (χ0) is 22.5. The highest BCUT2D eigenvalue weighted by Gasteiger charge is 2.45. The Morgan fingerprint density at radius 3 is 1.90 bits per heavy atom. The highest BCUT2D eigenvalue weighted by Crippen LogP contribution is 2.49. The van der Waals surface area contributed by atoms with Gasteiger partial charge in [0.2, 0.25) is 0 Å². The zero-order valence-electron chi connectivity index (χ0n) is 19.8. The first kappa shape index (κ1) is 23.5. The summed E-state index contributed by atoms with van der Waals surface area (Å²) in [6.07, 6.45) is 4.27. The highest BCUT2D eigenvalue weighted by molar-refractivity contribution is 5.72. The molecule has 2 aromatic carbocycles. The Labute approximate surface area is 188 Å². The fourth-order valence-corrected chi connectivity index (χ4v) is 5.03. The van der Waals surface area contributed by atoms with E-state index in [4.69, 9.17) is 4.74 Å². The molecular formula is C27H38N2O2. The van der Waals surface area contributed by atoms with Gasteiger partial charge in [0.25, 0.3) is 0 Å². The molecule has 0 radical (unpaired) electrons. The molecule has 0 heterocycles. The van der Waals surface area contributed by atoms with E-state index in [0.717, 1.165) is 32.2 Å². The van der Waals surface area contributed by atoms with E-state index in [2.05, 4.69) is 85.0 Å². The number of hydrogen-bond donors (Lipinski definition) is 1. The third kappa shape index (κ3) is 5.55. The van der Waals surface area contributed by atoms with Crippen molar-refractivity contribution in [2.24, 2.45) is 0 Å². The van der Waals surface area contributed by atoms with Crippen LogP contribution < -0.4 is 5.32 Å². The molecule has 168 valence electrons. The lowest BCUT2D eigenvalue weighted by molar-refractivity contribution is -0.153. The Hall–Kier alpha value is -2.17. The van der Waals surface area contributed by atoms with E-state index in [1.807, 2.05) is 20.8 Å². The molecule has 0 aliphatic heterocycles. The normalized spacial score (nSPS) is 24.2. The minimum atomic E-state index is -0.457. The first-order valence-corrected chi connectivity index (χ1v) is 11.4. The number of carbonyl (C=O) groups is 1. The lowest BCUT2D eigenvalue weighted by Gasteiger charge is -2.50. The number of rotatable bonds is 7. The summed E-state index contributed by atoms with van der Waals surface area (Å²) >= 11 is 0. The van der Waals surface area contributed by atoms with Gasteiger partial charge in [-0.2, -0.15) is 0 Å². The van der Waals surface area contributed by atoms with E-state index >= 15 is 0 Å². The first-order valence-electron chi connectivity index (χ1n) is 11.4. The molecule has 0 spiro atoms. The third-order valence-electron chi connectivity index (χ3n) is 6.74. The van der Waals surface area contributed by atoms with Crippen molar-refractivity contribution in [3.8, 4) is 0 Å². The molecule has 1 aliphatic carbocycles. The maximum absolute atomic E-state index is 12.2. The van der Waals surface area contributed by atoms with Crippen molar-refractivity contribution in [1.82, 2.24) is 10.2 Å². The molecule has 31 heavy (non-hydrogen) atoms. The van der Waals surface area contributed by atoms with Crippen molar-refractivity contribution < 1.29 is 9.53 Å². The average Bonchev–Trinajstić information content (AvgIpc) is 2.74. The summed E-state index contributed by atoms with van der Waals surface area (Å²) in [7, 11) is 4.40. The monoisotopic (exact) mass is 422 g/mol. The SMILES string of the molecule is CN(C)C1(c2ccccc2)CCC(CNCC(=O)OC(C)(C)C)(c2ccccc2)CC1. The number of nitrogens with zero attached hydrogens (tertiary/aromatic N) is 1. The van der Waals surface area contributed by atoms with Gasteiger partial charge in [0.1, 0.15) is 5.60 Å². The van der Waals surface area contributed by atoms with Gasteiger partial charge >= 0.3 is 5.97 Å². The van der Waals surface area contributed by atoms with Crippen molar-refractivity contribution in [2.45, 2.75) is 63.0 Å². The molecule has 4 nitrogen and oxygen atoms in total. The van der Waals surface area contributed by atoms with Crippen LogP contribution in [0.5, 0.6) is 0 Å². The van der Waals surface area contributed by atoms with Gasteiger partial charge in [-0.3, -0.25) is 9.69 Å². The van der Waals surface area contributed by atoms with Gasteiger partial charge in [-0.25, -0.2) is 0 Å². The Bertz CT molecular complexity index is 833. The minimum absolute atomic E-state index is 0.0115. The van der Waals surface area contributed by atoms with Crippen LogP contribution in [0.1, 0.15) is 57.6 Å². The summed E-state index contributed by atoms with van der Waals surface area (Å²) in [6, 6.07) is 21.7. The van der Waals surface area contributed by atoms with E-state index in [0.29, 0.717) is 0 Å². The second-order valence-electron chi connectivity index (χ2n) is 10.1. The number of benzene rings is 2. The molecule has 1 N–H and O–H groups in total. The molecule has 2 aromatic rings. The molecule has 1 aliphatic rings. The molecule has 0 bridgehead atoms. The largest absolute Gasteiger partial charge is 0.459 e. The molecular weight excluding hydrogens is 384 g/mol. The van der Waals surface area contributed by atoms with Crippen molar-refractivity contribution in [3.05, 3.63) is 71.8 Å². The van der Waals surface area contributed by atoms with Crippen LogP contribution in [-0.2, 0) is 20.5 Å². The second-order valence-corrected chi connectivity index (χ2v) is 10.1. The van der Waals surface area contributed by atoms with Gasteiger partial charge in [-0.05, 0) is 71.7 Å². The molecule has 4 heteroatoms.